The molecule has 0 radical (unpaired) electrons. The minimum Gasteiger partial charge on any atom is -0.465 e. The molecule has 0 aliphatic carbocycles. The number of para-hydroxylation sites is 2. The molecule has 1 aliphatic heterocycles. The normalized spacial score (nSPS) is 17.0. The van der Waals surface area contributed by atoms with E-state index in [4.69, 9.17) is 4.74 Å². The second kappa shape index (κ2) is 6.76. The number of rotatable bonds is 4. The predicted molar refractivity (Wildman–Crippen MR) is 92.1 cm³/mol. The van der Waals surface area contributed by atoms with Gasteiger partial charge >= 0.3 is 5.97 Å². The summed E-state index contributed by atoms with van der Waals surface area (Å²) in [5, 5.41) is 1.79. The summed E-state index contributed by atoms with van der Waals surface area (Å²) in [7, 11) is 1.29. The highest BCUT2D eigenvalue weighted by atomic mass is 32.2. The van der Waals surface area contributed by atoms with Gasteiger partial charge in [-0.1, -0.05) is 30.3 Å². The van der Waals surface area contributed by atoms with Crippen molar-refractivity contribution in [2.24, 2.45) is 0 Å². The van der Waals surface area contributed by atoms with Crippen molar-refractivity contribution in [3.8, 4) is 0 Å². The van der Waals surface area contributed by atoms with Crippen LogP contribution in [0.3, 0.4) is 0 Å². The van der Waals surface area contributed by atoms with Crippen LogP contribution in [0.2, 0.25) is 0 Å². The average molecular weight is 342 g/mol. The molecule has 1 atom stereocenters. The molecule has 122 valence electrons. The molecule has 0 aromatic heterocycles. The molecule has 24 heavy (non-hydrogen) atoms. The van der Waals surface area contributed by atoms with E-state index < -0.39 is 11.3 Å². The first-order valence-corrected chi connectivity index (χ1v) is 8.03. The number of carbonyl (C=O) groups excluding carboxylic acids is 3. The van der Waals surface area contributed by atoms with E-state index in [9.17, 15) is 14.4 Å². The van der Waals surface area contributed by atoms with Crippen molar-refractivity contribution in [2.75, 3.05) is 17.3 Å². The van der Waals surface area contributed by atoms with E-state index in [1.807, 2.05) is 6.07 Å². The fourth-order valence-corrected chi connectivity index (χ4v) is 3.24. The number of carbonyl (C=O) groups is 3. The Morgan fingerprint density at radius 3 is 2.46 bits per heavy atom. The first-order chi connectivity index (χ1) is 11.6. The fourth-order valence-electron chi connectivity index (χ4n) is 2.35. The number of ether oxygens (including phenoxy) is 1. The van der Waals surface area contributed by atoms with Gasteiger partial charge in [0.2, 0.25) is 0 Å². The van der Waals surface area contributed by atoms with Crippen LogP contribution in [0.15, 0.2) is 54.6 Å². The number of methoxy groups -OCH3 is 1. The molecule has 0 saturated carbocycles. The lowest BCUT2D eigenvalue weighted by atomic mass is 10.2. The number of nitrogens with one attached hydrogen (secondary N) is 1. The van der Waals surface area contributed by atoms with E-state index in [1.165, 1.54) is 7.11 Å². The van der Waals surface area contributed by atoms with Crippen molar-refractivity contribution < 1.29 is 19.1 Å². The smallest absolute Gasteiger partial charge is 0.339 e. The van der Waals surface area contributed by atoms with Crippen molar-refractivity contribution in [3.63, 3.8) is 0 Å². The second-order valence-electron chi connectivity index (χ2n) is 4.95. The molecule has 1 fully saturated rings. The Morgan fingerprint density at radius 2 is 1.75 bits per heavy atom. The van der Waals surface area contributed by atoms with Crippen LogP contribution in [0.5, 0.6) is 0 Å². The largest absolute Gasteiger partial charge is 0.465 e. The summed E-state index contributed by atoms with van der Waals surface area (Å²) in [6.07, 6.45) is 0. The number of nitrogens with zero attached hydrogens (tertiary/aromatic N) is 1. The zero-order valence-corrected chi connectivity index (χ0v) is 13.6. The Labute approximate surface area is 142 Å². The molecule has 0 unspecified atom stereocenters. The van der Waals surface area contributed by atoms with E-state index >= 15 is 0 Å². The van der Waals surface area contributed by atoms with Crippen LogP contribution in [0, 0.1) is 0 Å². The summed E-state index contributed by atoms with van der Waals surface area (Å²) >= 11 is 0.874. The molecule has 1 N–H and O–H groups in total. The summed E-state index contributed by atoms with van der Waals surface area (Å²) in [6, 6.07) is 15.4. The highest BCUT2D eigenvalue weighted by Crippen LogP contribution is 2.33. The van der Waals surface area contributed by atoms with Gasteiger partial charge in [-0.3, -0.25) is 9.59 Å². The summed E-state index contributed by atoms with van der Waals surface area (Å²) in [4.78, 5) is 37.7. The van der Waals surface area contributed by atoms with Gasteiger partial charge in [0.1, 0.15) is 0 Å². The zero-order chi connectivity index (χ0) is 17.1. The third-order valence-corrected chi connectivity index (χ3v) is 4.42. The van der Waals surface area contributed by atoms with Crippen molar-refractivity contribution in [3.05, 3.63) is 60.2 Å². The molecular formula is C17H14N2O4S. The van der Waals surface area contributed by atoms with Crippen molar-refractivity contribution in [1.82, 2.24) is 0 Å². The average Bonchev–Trinajstić information content (AvgIpc) is 2.89. The molecular weight excluding hydrogens is 328 g/mol. The quantitative estimate of drug-likeness (QED) is 0.861. The van der Waals surface area contributed by atoms with Crippen LogP contribution in [0.4, 0.5) is 16.2 Å². The fraction of sp³-hybridized carbons (Fsp3) is 0.118. The molecule has 2 aromatic rings. The number of hydrogen-bond donors (Lipinski definition) is 1. The molecule has 1 saturated heterocycles. The van der Waals surface area contributed by atoms with Crippen molar-refractivity contribution in [2.45, 2.75) is 5.37 Å². The first kappa shape index (κ1) is 16.1. The Kier molecular flexibility index (Phi) is 4.52. The molecule has 1 aliphatic rings. The Bertz CT molecular complexity index is 794. The van der Waals surface area contributed by atoms with Gasteiger partial charge in [-0.05, 0) is 36.0 Å². The lowest BCUT2D eigenvalue weighted by molar-refractivity contribution is -0.116. The lowest BCUT2D eigenvalue weighted by Gasteiger charge is -2.16. The third-order valence-electron chi connectivity index (χ3n) is 3.48. The molecule has 0 bridgehead atoms. The highest BCUT2D eigenvalue weighted by Gasteiger charge is 2.41. The van der Waals surface area contributed by atoms with Crippen molar-refractivity contribution >= 4 is 40.3 Å². The molecule has 2 aromatic carbocycles. The van der Waals surface area contributed by atoms with Gasteiger partial charge < -0.3 is 10.1 Å². The molecule has 3 rings (SSSR count). The van der Waals surface area contributed by atoms with Gasteiger partial charge in [0, 0.05) is 5.69 Å². The van der Waals surface area contributed by atoms with Gasteiger partial charge in [-0.2, -0.15) is 0 Å². The van der Waals surface area contributed by atoms with E-state index in [0.29, 0.717) is 16.9 Å². The number of anilines is 2. The molecule has 2 amide bonds. The van der Waals surface area contributed by atoms with Gasteiger partial charge in [0.05, 0.1) is 18.4 Å². The van der Waals surface area contributed by atoms with E-state index in [0.717, 1.165) is 16.7 Å². The number of imide groups is 1. The Hall–Kier alpha value is -2.80. The van der Waals surface area contributed by atoms with Crippen LogP contribution in [0.25, 0.3) is 0 Å². The number of esters is 1. The summed E-state index contributed by atoms with van der Waals surface area (Å²) < 4.78 is 4.73. The maximum absolute atomic E-state index is 12.6. The monoisotopic (exact) mass is 342 g/mol. The molecule has 0 spiro atoms. The topological polar surface area (TPSA) is 75.7 Å². The van der Waals surface area contributed by atoms with Crippen LogP contribution in [-0.2, 0) is 9.53 Å². The van der Waals surface area contributed by atoms with Crippen LogP contribution in [-0.4, -0.2) is 29.6 Å². The van der Waals surface area contributed by atoms with Crippen molar-refractivity contribution in [1.29, 1.82) is 0 Å². The van der Waals surface area contributed by atoms with Crippen LogP contribution < -0.4 is 10.2 Å². The minimum atomic E-state index is -0.802. The number of hydrogen-bond acceptors (Lipinski definition) is 6. The first-order valence-electron chi connectivity index (χ1n) is 7.15. The van der Waals surface area contributed by atoms with Crippen LogP contribution >= 0.6 is 11.8 Å². The maximum Gasteiger partial charge on any atom is 0.339 e. The minimum absolute atomic E-state index is 0.305. The lowest BCUT2D eigenvalue weighted by Crippen LogP contribution is -2.34. The van der Waals surface area contributed by atoms with Gasteiger partial charge in [0.25, 0.3) is 11.1 Å². The molecule has 7 heteroatoms. The summed E-state index contributed by atoms with van der Waals surface area (Å²) in [5.41, 5.74) is 1.27. The van der Waals surface area contributed by atoms with E-state index in [2.05, 4.69) is 5.32 Å². The SMILES string of the molecule is COC(=O)c1ccccc1N[C@@H]1SC(=O)N(c2ccccc2)C1=O. The zero-order valence-electron chi connectivity index (χ0n) is 12.8. The molecule has 6 nitrogen and oxygen atoms in total. The third kappa shape index (κ3) is 2.98. The summed E-state index contributed by atoms with van der Waals surface area (Å²) in [5.74, 6) is -0.893. The second-order valence-corrected chi connectivity index (χ2v) is 6.01. The Morgan fingerprint density at radius 1 is 1.08 bits per heavy atom. The number of benzene rings is 2. The standard InChI is InChI=1S/C17H14N2O4S/c1-23-16(21)12-9-5-6-10-13(12)18-14-15(20)19(17(22)24-14)11-7-3-2-4-8-11/h2-10,14,18H,1H3/t14-/m1/s1. The summed E-state index contributed by atoms with van der Waals surface area (Å²) in [6.45, 7) is 0. The van der Waals surface area contributed by atoms with E-state index in [1.54, 1.807) is 48.5 Å². The maximum atomic E-state index is 12.6. The molecule has 1 heterocycles. The predicted octanol–water partition coefficient (Wildman–Crippen LogP) is 3.11. The highest BCUT2D eigenvalue weighted by molar-refractivity contribution is 8.16. The van der Waals surface area contributed by atoms with Crippen LogP contribution in [0.1, 0.15) is 10.4 Å². The van der Waals surface area contributed by atoms with Gasteiger partial charge in [0.15, 0.2) is 5.37 Å². The number of thioether (sulfide) groups is 1. The number of amides is 2. The Balaban J connectivity index is 1.84. The van der Waals surface area contributed by atoms with E-state index in [-0.39, 0.29) is 11.1 Å². The van der Waals surface area contributed by atoms with Gasteiger partial charge in [-0.25, -0.2) is 9.69 Å². The van der Waals surface area contributed by atoms with Gasteiger partial charge in [-0.15, -0.1) is 0 Å².